The van der Waals surface area contributed by atoms with Crippen LogP contribution in [-0.4, -0.2) is 35.3 Å². The molecule has 0 spiro atoms. The molecule has 0 aromatic carbocycles. The van der Waals surface area contributed by atoms with E-state index in [-0.39, 0.29) is 17.2 Å². The Kier molecular flexibility index (Phi) is 4.37. The summed E-state index contributed by atoms with van der Waals surface area (Å²) in [6.07, 6.45) is 3.15. The predicted molar refractivity (Wildman–Crippen MR) is 75.9 cm³/mol. The van der Waals surface area contributed by atoms with E-state index in [1.807, 2.05) is 0 Å². The van der Waals surface area contributed by atoms with Gasteiger partial charge in [-0.25, -0.2) is 0 Å². The number of carbonyl (C=O) groups excluding carboxylic acids is 2. The molecule has 5 nitrogen and oxygen atoms in total. The maximum absolute atomic E-state index is 12.0. The Morgan fingerprint density at radius 2 is 2.00 bits per heavy atom. The average Bonchev–Trinajstić information content (AvgIpc) is 2.41. The molecule has 0 N–H and O–H groups in total. The van der Waals surface area contributed by atoms with Crippen molar-refractivity contribution in [2.24, 2.45) is 0 Å². The molecule has 1 heterocycles. The molecule has 0 unspecified atom stereocenters. The van der Waals surface area contributed by atoms with Crippen LogP contribution in [0.3, 0.4) is 0 Å². The minimum absolute atomic E-state index is 0.0546. The zero-order chi connectivity index (χ0) is 14.7. The molecule has 1 amide bonds. The lowest BCUT2D eigenvalue weighted by atomic mass is 9.94. The zero-order valence-electron chi connectivity index (χ0n) is 12.0. The Morgan fingerprint density at radius 3 is 2.70 bits per heavy atom. The van der Waals surface area contributed by atoms with Crippen molar-refractivity contribution in [2.75, 3.05) is 14.1 Å². The van der Waals surface area contributed by atoms with Gasteiger partial charge in [-0.2, -0.15) is 0 Å². The van der Waals surface area contributed by atoms with Crippen LogP contribution >= 0.6 is 0 Å². The number of Topliss-reactive ketones (excluding diaryl/α,β-unsaturated/α-hetero) is 1. The molecule has 0 saturated heterocycles. The van der Waals surface area contributed by atoms with Crippen molar-refractivity contribution in [1.29, 1.82) is 0 Å². The third-order valence-corrected chi connectivity index (χ3v) is 3.68. The van der Waals surface area contributed by atoms with Gasteiger partial charge in [-0.05, 0) is 25.3 Å². The van der Waals surface area contributed by atoms with E-state index in [4.69, 9.17) is 0 Å². The van der Waals surface area contributed by atoms with Gasteiger partial charge in [-0.3, -0.25) is 14.4 Å². The summed E-state index contributed by atoms with van der Waals surface area (Å²) in [5.41, 5.74) is 1.43. The number of ketones is 1. The van der Waals surface area contributed by atoms with Crippen LogP contribution in [0.25, 0.3) is 0 Å². The third kappa shape index (κ3) is 2.98. The van der Waals surface area contributed by atoms with E-state index >= 15 is 0 Å². The fourth-order valence-corrected chi connectivity index (χ4v) is 2.55. The molecule has 1 aromatic heterocycles. The topological polar surface area (TPSA) is 59.4 Å². The van der Waals surface area contributed by atoms with Crippen LogP contribution in [0.4, 0.5) is 0 Å². The third-order valence-electron chi connectivity index (χ3n) is 3.68. The molecular weight excluding hydrogens is 256 g/mol. The molecule has 1 aliphatic carbocycles. The van der Waals surface area contributed by atoms with Crippen LogP contribution in [0.15, 0.2) is 16.9 Å². The van der Waals surface area contributed by atoms with Crippen LogP contribution in [-0.2, 0) is 17.8 Å². The highest BCUT2D eigenvalue weighted by Gasteiger charge is 2.20. The number of nitrogens with zero attached hydrogens (tertiary/aromatic N) is 2. The molecule has 5 heteroatoms. The molecule has 20 heavy (non-hydrogen) atoms. The molecule has 0 aliphatic heterocycles. The summed E-state index contributed by atoms with van der Waals surface area (Å²) in [4.78, 5) is 36.9. The monoisotopic (exact) mass is 276 g/mol. The summed E-state index contributed by atoms with van der Waals surface area (Å²) in [6.45, 7) is 0.495. The number of hydrogen-bond acceptors (Lipinski definition) is 3. The van der Waals surface area contributed by atoms with E-state index in [1.165, 1.54) is 6.07 Å². The van der Waals surface area contributed by atoms with Gasteiger partial charge in [0.15, 0.2) is 5.78 Å². The lowest BCUT2D eigenvalue weighted by Crippen LogP contribution is -2.28. The van der Waals surface area contributed by atoms with Gasteiger partial charge in [-0.15, -0.1) is 0 Å². The second-order valence-electron chi connectivity index (χ2n) is 5.35. The summed E-state index contributed by atoms with van der Waals surface area (Å²) in [6, 6.07) is 3.09. The first-order chi connectivity index (χ1) is 9.50. The summed E-state index contributed by atoms with van der Waals surface area (Å²) >= 11 is 0. The van der Waals surface area contributed by atoms with Gasteiger partial charge in [0.1, 0.15) is 0 Å². The number of rotatable bonds is 4. The quantitative estimate of drug-likeness (QED) is 0.831. The number of hydrogen-bond donors (Lipinski definition) is 0. The minimum Gasteiger partial charge on any atom is -0.349 e. The SMILES string of the molecule is CN(C)C(=O)CCCn1c2c(ccc1=O)C(=O)CCC2. The Labute approximate surface area is 118 Å². The van der Waals surface area contributed by atoms with Crippen LogP contribution < -0.4 is 5.56 Å². The molecule has 2 rings (SSSR count). The molecule has 0 bridgehead atoms. The number of pyridine rings is 1. The first-order valence-corrected chi connectivity index (χ1v) is 6.97. The maximum Gasteiger partial charge on any atom is 0.250 e. The highest BCUT2D eigenvalue weighted by molar-refractivity contribution is 5.97. The molecule has 0 radical (unpaired) electrons. The van der Waals surface area contributed by atoms with Crippen LogP contribution in [0.2, 0.25) is 0 Å². The van der Waals surface area contributed by atoms with E-state index in [2.05, 4.69) is 0 Å². The Morgan fingerprint density at radius 1 is 1.25 bits per heavy atom. The van der Waals surface area contributed by atoms with E-state index in [0.717, 1.165) is 18.5 Å². The van der Waals surface area contributed by atoms with E-state index in [1.54, 1.807) is 29.6 Å². The normalized spacial score (nSPS) is 14.0. The summed E-state index contributed by atoms with van der Waals surface area (Å²) in [5, 5.41) is 0. The van der Waals surface area contributed by atoms with Crippen molar-refractivity contribution in [3.8, 4) is 0 Å². The second kappa shape index (κ2) is 6.03. The van der Waals surface area contributed by atoms with Gasteiger partial charge in [0.25, 0.3) is 5.56 Å². The van der Waals surface area contributed by atoms with E-state index in [0.29, 0.717) is 31.4 Å². The lowest BCUT2D eigenvalue weighted by Gasteiger charge is -2.20. The van der Waals surface area contributed by atoms with Crippen molar-refractivity contribution in [3.05, 3.63) is 33.7 Å². The predicted octanol–water partition coefficient (Wildman–Crippen LogP) is 1.24. The van der Waals surface area contributed by atoms with Crippen molar-refractivity contribution >= 4 is 11.7 Å². The van der Waals surface area contributed by atoms with E-state index < -0.39 is 0 Å². The average molecular weight is 276 g/mol. The fraction of sp³-hybridized carbons (Fsp3) is 0.533. The second-order valence-corrected chi connectivity index (χ2v) is 5.35. The Balaban J connectivity index is 2.16. The van der Waals surface area contributed by atoms with Gasteiger partial charge >= 0.3 is 0 Å². The number of carbonyl (C=O) groups is 2. The summed E-state index contributed by atoms with van der Waals surface area (Å²) in [5.74, 6) is 0.170. The molecular formula is C15H20N2O3. The van der Waals surface area contributed by atoms with Crippen LogP contribution in [0.5, 0.6) is 0 Å². The Bertz CT molecular complexity index is 587. The van der Waals surface area contributed by atoms with Gasteiger partial charge in [-0.1, -0.05) is 0 Å². The largest absolute Gasteiger partial charge is 0.349 e. The maximum atomic E-state index is 12.0. The van der Waals surface area contributed by atoms with Crippen LogP contribution in [0.1, 0.15) is 41.7 Å². The number of fused-ring (bicyclic) bond motifs is 1. The van der Waals surface area contributed by atoms with Crippen molar-refractivity contribution in [1.82, 2.24) is 9.47 Å². The van der Waals surface area contributed by atoms with Crippen LogP contribution in [0, 0.1) is 0 Å². The Hall–Kier alpha value is -1.91. The van der Waals surface area contributed by atoms with Crippen molar-refractivity contribution in [3.63, 3.8) is 0 Å². The fourth-order valence-electron chi connectivity index (χ4n) is 2.55. The minimum atomic E-state index is -0.0873. The number of amides is 1. The highest BCUT2D eigenvalue weighted by Crippen LogP contribution is 2.19. The molecule has 108 valence electrons. The first kappa shape index (κ1) is 14.5. The molecule has 0 saturated carbocycles. The van der Waals surface area contributed by atoms with Crippen molar-refractivity contribution < 1.29 is 9.59 Å². The van der Waals surface area contributed by atoms with Crippen molar-refractivity contribution in [2.45, 2.75) is 38.6 Å². The summed E-state index contributed by atoms with van der Waals surface area (Å²) < 4.78 is 1.66. The number of aromatic nitrogens is 1. The van der Waals surface area contributed by atoms with Gasteiger partial charge < -0.3 is 9.47 Å². The van der Waals surface area contributed by atoms with E-state index in [9.17, 15) is 14.4 Å². The molecule has 1 aromatic rings. The molecule has 0 fully saturated rings. The molecule has 0 atom stereocenters. The standard InChI is InChI=1S/C15H20N2O3/c1-16(2)14(19)7-4-10-17-12-5-3-6-13(18)11(12)8-9-15(17)20/h8-9H,3-7,10H2,1-2H3. The molecule has 1 aliphatic rings. The lowest BCUT2D eigenvalue weighted by molar-refractivity contribution is -0.128. The summed E-state index contributed by atoms with van der Waals surface area (Å²) in [7, 11) is 3.44. The van der Waals surface area contributed by atoms with Gasteiger partial charge in [0, 0.05) is 50.8 Å². The van der Waals surface area contributed by atoms with Gasteiger partial charge in [0.2, 0.25) is 5.91 Å². The smallest absolute Gasteiger partial charge is 0.250 e. The zero-order valence-corrected chi connectivity index (χ0v) is 12.0. The first-order valence-electron chi connectivity index (χ1n) is 6.97. The van der Waals surface area contributed by atoms with Gasteiger partial charge in [0.05, 0.1) is 0 Å². The highest BCUT2D eigenvalue weighted by atomic mass is 16.2.